The Bertz CT molecular complexity index is 1510. The van der Waals surface area contributed by atoms with Crippen LogP contribution in [-0.2, 0) is 16.6 Å². The van der Waals surface area contributed by atoms with Gasteiger partial charge in [0.2, 0.25) is 0 Å². The minimum absolute atomic E-state index is 0.339. The Hall–Kier alpha value is -3.80. The van der Waals surface area contributed by atoms with Crippen molar-refractivity contribution in [2.24, 2.45) is 0 Å². The van der Waals surface area contributed by atoms with E-state index in [9.17, 15) is 10.2 Å². The Labute approximate surface area is 249 Å². The van der Waals surface area contributed by atoms with Crippen LogP contribution in [0.25, 0.3) is 0 Å². The third kappa shape index (κ3) is 4.77. The van der Waals surface area contributed by atoms with Gasteiger partial charge in [0.25, 0.3) is 0 Å². The van der Waals surface area contributed by atoms with E-state index in [1.54, 1.807) is 22.7 Å². The molecule has 2 N–H and O–H groups in total. The predicted octanol–water partition coefficient (Wildman–Crippen LogP) is 8.70. The molecule has 204 valence electrons. The molecule has 0 atom stereocenters. The first-order valence-corrected chi connectivity index (χ1v) is 15.4. The molecule has 0 radical (unpaired) electrons. The van der Waals surface area contributed by atoms with Crippen LogP contribution in [0.5, 0.6) is 0 Å². The van der Waals surface area contributed by atoms with Crippen LogP contribution in [-0.4, -0.2) is 10.2 Å². The van der Waals surface area contributed by atoms with Gasteiger partial charge >= 0.3 is 0 Å². The third-order valence-electron chi connectivity index (χ3n) is 7.92. The summed E-state index contributed by atoms with van der Waals surface area (Å²) >= 11 is 3.27. The number of benzene rings is 4. The molecule has 2 heterocycles. The molecule has 4 aromatic carbocycles. The van der Waals surface area contributed by atoms with Gasteiger partial charge in [-0.3, -0.25) is 0 Å². The van der Waals surface area contributed by atoms with E-state index in [2.05, 4.69) is 38.1 Å². The van der Waals surface area contributed by atoms with Crippen LogP contribution in [0, 0.1) is 0 Å². The summed E-state index contributed by atoms with van der Waals surface area (Å²) in [5.41, 5.74) is 0.497. The Morgan fingerprint density at radius 1 is 0.366 bits per heavy atom. The molecule has 41 heavy (non-hydrogen) atoms. The molecular weight excluding hydrogens is 541 g/mol. The summed E-state index contributed by atoms with van der Waals surface area (Å²) in [4.78, 5) is 4.04. The topological polar surface area (TPSA) is 40.5 Å². The lowest BCUT2D eigenvalue weighted by Gasteiger charge is -2.29. The normalized spacial score (nSPS) is 12.4. The average molecular weight is 573 g/mol. The molecule has 0 saturated heterocycles. The summed E-state index contributed by atoms with van der Waals surface area (Å²) in [6, 6.07) is 47.9. The lowest BCUT2D eigenvalue weighted by molar-refractivity contribution is 0.129. The van der Waals surface area contributed by atoms with Crippen molar-refractivity contribution in [1.82, 2.24) is 0 Å². The van der Waals surface area contributed by atoms with Gasteiger partial charge < -0.3 is 10.2 Å². The molecule has 0 fully saturated rings. The maximum absolute atomic E-state index is 12.3. The van der Waals surface area contributed by atoms with Crippen LogP contribution in [0.15, 0.2) is 146 Å². The zero-order valence-corrected chi connectivity index (χ0v) is 24.7. The standard InChI is InChI=1S/C37H32O2S2/c1-35(2,31-23-25-33(40-31)36(38,27-15-7-3-8-16-27)28-17-9-4-10-18-28)32-24-26-34(41-32)37(39,29-19-11-5-12-20-29)30-21-13-6-14-22-30/h3-26,38-39H,1-2H3. The molecule has 0 saturated carbocycles. The van der Waals surface area contributed by atoms with E-state index in [0.717, 1.165) is 41.8 Å². The van der Waals surface area contributed by atoms with Crippen molar-refractivity contribution in [3.8, 4) is 0 Å². The van der Waals surface area contributed by atoms with E-state index in [1.165, 1.54) is 0 Å². The molecule has 6 aromatic rings. The van der Waals surface area contributed by atoms with Crippen LogP contribution in [0.4, 0.5) is 0 Å². The van der Waals surface area contributed by atoms with Gasteiger partial charge in [-0.05, 0) is 46.5 Å². The smallest absolute Gasteiger partial charge is 0.149 e. The van der Waals surface area contributed by atoms with E-state index in [4.69, 9.17) is 0 Å². The summed E-state index contributed by atoms with van der Waals surface area (Å²) in [5.74, 6) is 0. The number of rotatable bonds is 8. The van der Waals surface area contributed by atoms with Crippen molar-refractivity contribution in [2.45, 2.75) is 30.5 Å². The zero-order valence-electron chi connectivity index (χ0n) is 23.1. The van der Waals surface area contributed by atoms with Crippen LogP contribution < -0.4 is 0 Å². The van der Waals surface area contributed by atoms with Gasteiger partial charge in [-0.15, -0.1) is 22.7 Å². The molecule has 0 aliphatic carbocycles. The zero-order chi connectivity index (χ0) is 28.5. The Morgan fingerprint density at radius 3 is 0.878 bits per heavy atom. The van der Waals surface area contributed by atoms with E-state index in [0.29, 0.717) is 0 Å². The molecule has 0 bridgehead atoms. The number of hydrogen-bond acceptors (Lipinski definition) is 4. The maximum atomic E-state index is 12.3. The van der Waals surface area contributed by atoms with Crippen LogP contribution in [0.2, 0.25) is 0 Å². The largest absolute Gasteiger partial charge is 0.375 e. The molecule has 0 unspecified atom stereocenters. The van der Waals surface area contributed by atoms with E-state index >= 15 is 0 Å². The van der Waals surface area contributed by atoms with E-state index in [1.807, 2.05) is 121 Å². The molecule has 6 rings (SSSR count). The molecule has 2 aromatic heterocycles. The van der Waals surface area contributed by atoms with Crippen molar-refractivity contribution >= 4 is 22.7 Å². The van der Waals surface area contributed by atoms with Crippen LogP contribution in [0.3, 0.4) is 0 Å². The highest BCUT2D eigenvalue weighted by atomic mass is 32.1. The first-order chi connectivity index (χ1) is 19.8. The van der Waals surface area contributed by atoms with Gasteiger partial charge in [0, 0.05) is 24.9 Å². The van der Waals surface area contributed by atoms with Crippen LogP contribution >= 0.6 is 22.7 Å². The number of aliphatic hydroxyl groups is 2. The number of hydrogen-bond donors (Lipinski definition) is 2. The van der Waals surface area contributed by atoms with Crippen molar-refractivity contribution < 1.29 is 10.2 Å². The quantitative estimate of drug-likeness (QED) is 0.192. The fourth-order valence-corrected chi connectivity index (χ4v) is 8.06. The van der Waals surface area contributed by atoms with Gasteiger partial charge in [0.1, 0.15) is 11.2 Å². The van der Waals surface area contributed by atoms with Gasteiger partial charge in [-0.25, -0.2) is 0 Å². The second-order valence-electron chi connectivity index (χ2n) is 10.8. The monoisotopic (exact) mass is 572 g/mol. The second kappa shape index (κ2) is 10.9. The highest BCUT2D eigenvalue weighted by molar-refractivity contribution is 7.14. The van der Waals surface area contributed by atoms with Gasteiger partial charge in [0.05, 0.1) is 0 Å². The Balaban J connectivity index is 1.41. The highest BCUT2D eigenvalue weighted by Gasteiger charge is 2.39. The fourth-order valence-electron chi connectivity index (χ4n) is 5.48. The third-order valence-corrected chi connectivity index (χ3v) is 11.0. The van der Waals surface area contributed by atoms with E-state index in [-0.39, 0.29) is 5.41 Å². The summed E-state index contributed by atoms with van der Waals surface area (Å²) in [7, 11) is 0. The Kier molecular flexibility index (Phi) is 7.27. The molecule has 2 nitrogen and oxygen atoms in total. The SMILES string of the molecule is CC(C)(c1ccc(C(O)(c2ccccc2)c2ccccc2)s1)c1ccc(C(O)(c2ccccc2)c2ccccc2)s1. The number of thiophene rings is 2. The lowest BCUT2D eigenvalue weighted by atomic mass is 9.84. The lowest BCUT2D eigenvalue weighted by Crippen LogP contribution is -2.27. The summed E-state index contributed by atoms with van der Waals surface area (Å²) in [5, 5.41) is 24.6. The second-order valence-corrected chi connectivity index (χ2v) is 13.0. The summed E-state index contributed by atoms with van der Waals surface area (Å²) in [6.07, 6.45) is 0. The van der Waals surface area contributed by atoms with Crippen molar-refractivity contribution in [3.05, 3.63) is 187 Å². The van der Waals surface area contributed by atoms with Gasteiger partial charge in [0.15, 0.2) is 0 Å². The molecule has 0 aliphatic rings. The highest BCUT2D eigenvalue weighted by Crippen LogP contribution is 2.47. The van der Waals surface area contributed by atoms with Crippen LogP contribution in [0.1, 0.15) is 55.6 Å². The predicted molar refractivity (Wildman–Crippen MR) is 171 cm³/mol. The van der Waals surface area contributed by atoms with Crippen molar-refractivity contribution in [1.29, 1.82) is 0 Å². The van der Waals surface area contributed by atoms with E-state index < -0.39 is 11.2 Å². The maximum Gasteiger partial charge on any atom is 0.149 e. The minimum atomic E-state index is -1.26. The molecule has 0 spiro atoms. The average Bonchev–Trinajstić information content (AvgIpc) is 3.75. The fraction of sp³-hybridized carbons (Fsp3) is 0.135. The Morgan fingerprint density at radius 2 is 0.610 bits per heavy atom. The van der Waals surface area contributed by atoms with Gasteiger partial charge in [-0.1, -0.05) is 135 Å². The molecule has 0 aliphatic heterocycles. The first-order valence-electron chi connectivity index (χ1n) is 13.7. The van der Waals surface area contributed by atoms with Crippen molar-refractivity contribution in [3.63, 3.8) is 0 Å². The molecule has 0 amide bonds. The summed E-state index contributed by atoms with van der Waals surface area (Å²) < 4.78 is 0. The summed E-state index contributed by atoms with van der Waals surface area (Å²) in [6.45, 7) is 4.43. The van der Waals surface area contributed by atoms with Gasteiger partial charge in [-0.2, -0.15) is 0 Å². The van der Waals surface area contributed by atoms with Crippen molar-refractivity contribution in [2.75, 3.05) is 0 Å². The molecule has 4 heteroatoms. The first kappa shape index (κ1) is 27.4. The minimum Gasteiger partial charge on any atom is -0.375 e. The molecular formula is C37H32O2S2.